The van der Waals surface area contributed by atoms with Gasteiger partial charge in [-0.05, 0) is 24.8 Å². The Morgan fingerprint density at radius 1 is 1.30 bits per heavy atom. The molecule has 3 heteroatoms. The molecule has 1 N–H and O–H groups in total. The number of halogens is 1. The first-order valence-corrected chi connectivity index (χ1v) is 8.10. The van der Waals surface area contributed by atoms with Crippen molar-refractivity contribution in [3.05, 3.63) is 35.9 Å². The van der Waals surface area contributed by atoms with Gasteiger partial charge in [0.15, 0.2) is 0 Å². The van der Waals surface area contributed by atoms with Crippen molar-refractivity contribution < 1.29 is 4.79 Å². The van der Waals surface area contributed by atoms with E-state index >= 15 is 0 Å². The van der Waals surface area contributed by atoms with Gasteiger partial charge in [-0.3, -0.25) is 4.79 Å². The Kier molecular flexibility index (Phi) is 5.47. The number of alkyl halides is 1. The highest BCUT2D eigenvalue weighted by Crippen LogP contribution is 2.29. The van der Waals surface area contributed by atoms with Crippen molar-refractivity contribution in [2.24, 2.45) is 5.92 Å². The van der Waals surface area contributed by atoms with E-state index in [1.165, 1.54) is 25.7 Å². The Bertz CT molecular complexity index is 428. The highest BCUT2D eigenvalue weighted by atomic mass is 35.5. The summed E-state index contributed by atoms with van der Waals surface area (Å²) in [5, 5.41) is 3.11. The number of nitrogens with one attached hydrogen (secondary N) is 1. The number of hydrogen-bond acceptors (Lipinski definition) is 1. The topological polar surface area (TPSA) is 29.1 Å². The van der Waals surface area contributed by atoms with Gasteiger partial charge in [-0.1, -0.05) is 56.0 Å². The van der Waals surface area contributed by atoms with E-state index in [1.54, 1.807) is 0 Å². The van der Waals surface area contributed by atoms with E-state index in [9.17, 15) is 4.79 Å². The van der Waals surface area contributed by atoms with Gasteiger partial charge in [0.1, 0.15) is 0 Å². The number of carbonyl (C=O) groups is 1. The molecule has 0 aromatic heterocycles. The lowest BCUT2D eigenvalue weighted by molar-refractivity contribution is -0.123. The van der Waals surface area contributed by atoms with E-state index in [2.05, 4.69) is 5.32 Å². The van der Waals surface area contributed by atoms with Gasteiger partial charge in [0.25, 0.3) is 0 Å². The van der Waals surface area contributed by atoms with Crippen molar-refractivity contribution in [1.82, 2.24) is 5.32 Å². The molecule has 0 heterocycles. The van der Waals surface area contributed by atoms with Crippen LogP contribution in [-0.2, 0) is 10.3 Å². The van der Waals surface area contributed by atoms with Crippen molar-refractivity contribution in [2.75, 3.05) is 5.88 Å². The molecule has 0 spiro atoms. The predicted molar refractivity (Wildman–Crippen MR) is 83.8 cm³/mol. The molecule has 1 fully saturated rings. The Hall–Kier alpha value is -1.02. The van der Waals surface area contributed by atoms with E-state index in [0.29, 0.717) is 12.3 Å². The number of carbonyl (C=O) groups excluding carboxylic acids is 1. The van der Waals surface area contributed by atoms with Crippen molar-refractivity contribution in [3.63, 3.8) is 0 Å². The van der Waals surface area contributed by atoms with Crippen LogP contribution in [0, 0.1) is 5.92 Å². The minimum Gasteiger partial charge on any atom is -0.346 e. The summed E-state index contributed by atoms with van der Waals surface area (Å²) in [6, 6.07) is 9.95. The van der Waals surface area contributed by atoms with Crippen LogP contribution in [0.5, 0.6) is 0 Å². The largest absolute Gasteiger partial charge is 0.346 e. The fraction of sp³-hybridized carbons (Fsp3) is 0.588. The molecule has 110 valence electrons. The molecule has 1 aromatic carbocycles. The summed E-state index contributed by atoms with van der Waals surface area (Å²) < 4.78 is 0. The monoisotopic (exact) mass is 293 g/mol. The minimum atomic E-state index is -0.477. The SMILES string of the molecule is CC(CCl)(NC(=O)CCC1CCCC1)c1ccccc1. The molecule has 1 unspecified atom stereocenters. The van der Waals surface area contributed by atoms with Gasteiger partial charge in [-0.2, -0.15) is 0 Å². The molecule has 1 aliphatic carbocycles. The van der Waals surface area contributed by atoms with Crippen LogP contribution in [0.3, 0.4) is 0 Å². The lowest BCUT2D eigenvalue weighted by Crippen LogP contribution is -2.45. The van der Waals surface area contributed by atoms with Crippen LogP contribution in [0.4, 0.5) is 0 Å². The summed E-state index contributed by atoms with van der Waals surface area (Å²) in [7, 11) is 0. The summed E-state index contributed by atoms with van der Waals surface area (Å²) in [4.78, 5) is 12.2. The number of benzene rings is 1. The van der Waals surface area contributed by atoms with Crippen molar-refractivity contribution >= 4 is 17.5 Å². The van der Waals surface area contributed by atoms with Crippen molar-refractivity contribution in [1.29, 1.82) is 0 Å². The Morgan fingerprint density at radius 2 is 1.95 bits per heavy atom. The maximum Gasteiger partial charge on any atom is 0.220 e. The molecule has 1 aromatic rings. The first-order chi connectivity index (χ1) is 9.64. The van der Waals surface area contributed by atoms with Crippen molar-refractivity contribution in [3.8, 4) is 0 Å². The third-order valence-electron chi connectivity index (χ3n) is 4.35. The Balaban J connectivity index is 1.90. The standard InChI is InChI=1S/C17H24ClNO/c1-17(13-18,15-9-3-2-4-10-15)19-16(20)12-11-14-7-5-6-8-14/h2-4,9-10,14H,5-8,11-13H2,1H3,(H,19,20). The third kappa shape index (κ3) is 3.99. The fourth-order valence-corrected chi connectivity index (χ4v) is 3.21. The van der Waals surface area contributed by atoms with E-state index in [0.717, 1.165) is 17.9 Å². The normalized spacial score (nSPS) is 18.7. The highest BCUT2D eigenvalue weighted by molar-refractivity contribution is 6.18. The maximum absolute atomic E-state index is 12.2. The highest BCUT2D eigenvalue weighted by Gasteiger charge is 2.27. The summed E-state index contributed by atoms with van der Waals surface area (Å²) in [6.45, 7) is 1.99. The maximum atomic E-state index is 12.2. The minimum absolute atomic E-state index is 0.115. The molecule has 2 rings (SSSR count). The quantitative estimate of drug-likeness (QED) is 0.782. The lowest BCUT2D eigenvalue weighted by Gasteiger charge is -2.29. The van der Waals surface area contributed by atoms with Crippen molar-refractivity contribution in [2.45, 2.75) is 51.0 Å². The number of rotatable bonds is 6. The zero-order valence-electron chi connectivity index (χ0n) is 12.2. The molecule has 0 radical (unpaired) electrons. The number of hydrogen-bond donors (Lipinski definition) is 1. The zero-order chi connectivity index (χ0) is 14.4. The summed E-state index contributed by atoms with van der Waals surface area (Å²) in [6.07, 6.45) is 6.87. The van der Waals surface area contributed by atoms with E-state index in [1.807, 2.05) is 37.3 Å². The molecule has 0 aliphatic heterocycles. The second kappa shape index (κ2) is 7.12. The third-order valence-corrected chi connectivity index (χ3v) is 4.88. The first-order valence-electron chi connectivity index (χ1n) is 7.56. The van der Waals surface area contributed by atoms with E-state index < -0.39 is 5.54 Å². The zero-order valence-corrected chi connectivity index (χ0v) is 13.0. The molecule has 1 aliphatic rings. The summed E-state index contributed by atoms with van der Waals surface area (Å²) in [5.74, 6) is 1.25. The molecule has 0 bridgehead atoms. The molecule has 0 saturated heterocycles. The van der Waals surface area contributed by atoms with Gasteiger partial charge in [-0.25, -0.2) is 0 Å². The van der Waals surface area contributed by atoms with E-state index in [4.69, 9.17) is 11.6 Å². The average Bonchev–Trinajstić information content (AvgIpc) is 2.99. The van der Waals surface area contributed by atoms with Crippen LogP contribution in [-0.4, -0.2) is 11.8 Å². The Morgan fingerprint density at radius 3 is 2.55 bits per heavy atom. The van der Waals surface area contributed by atoms with Gasteiger partial charge < -0.3 is 5.32 Å². The van der Waals surface area contributed by atoms with Gasteiger partial charge in [0.05, 0.1) is 5.54 Å². The number of amides is 1. The predicted octanol–water partition coefficient (Wildman–Crippen LogP) is 4.23. The first kappa shape index (κ1) is 15.4. The van der Waals surface area contributed by atoms with Crippen LogP contribution in [0.1, 0.15) is 51.0 Å². The van der Waals surface area contributed by atoms with Crippen LogP contribution < -0.4 is 5.32 Å². The Labute approximate surface area is 126 Å². The fourth-order valence-electron chi connectivity index (χ4n) is 2.99. The average molecular weight is 294 g/mol. The van der Waals surface area contributed by atoms with Gasteiger partial charge >= 0.3 is 0 Å². The van der Waals surface area contributed by atoms with Gasteiger partial charge in [-0.15, -0.1) is 11.6 Å². The van der Waals surface area contributed by atoms with Crippen LogP contribution in [0.25, 0.3) is 0 Å². The molecule has 1 saturated carbocycles. The summed E-state index contributed by atoms with van der Waals surface area (Å²) in [5.41, 5.74) is 0.583. The van der Waals surface area contributed by atoms with E-state index in [-0.39, 0.29) is 5.91 Å². The molecule has 1 atom stereocenters. The molecular formula is C17H24ClNO. The van der Waals surface area contributed by atoms with Crippen LogP contribution in [0.15, 0.2) is 30.3 Å². The second-order valence-corrected chi connectivity index (χ2v) is 6.34. The second-order valence-electron chi connectivity index (χ2n) is 6.07. The molecule has 2 nitrogen and oxygen atoms in total. The molecular weight excluding hydrogens is 270 g/mol. The van der Waals surface area contributed by atoms with Crippen LogP contribution in [0.2, 0.25) is 0 Å². The molecule has 20 heavy (non-hydrogen) atoms. The lowest BCUT2D eigenvalue weighted by atomic mass is 9.93. The summed E-state index contributed by atoms with van der Waals surface area (Å²) >= 11 is 6.10. The molecule has 1 amide bonds. The van der Waals surface area contributed by atoms with Crippen LogP contribution >= 0.6 is 11.6 Å². The smallest absolute Gasteiger partial charge is 0.220 e. The van der Waals surface area contributed by atoms with Gasteiger partial charge in [0, 0.05) is 12.3 Å². The van der Waals surface area contributed by atoms with Gasteiger partial charge in [0.2, 0.25) is 5.91 Å².